The number of terminal acetylenes is 1. The van der Waals surface area contributed by atoms with Gasteiger partial charge >= 0.3 is 7.60 Å². The summed E-state index contributed by atoms with van der Waals surface area (Å²) in [5.41, 5.74) is -0.337. The minimum atomic E-state index is -3.36. The van der Waals surface area contributed by atoms with Crippen LogP contribution in [0.3, 0.4) is 0 Å². The van der Waals surface area contributed by atoms with Gasteiger partial charge in [0.2, 0.25) is 0 Å². The van der Waals surface area contributed by atoms with Gasteiger partial charge in [-0.2, -0.15) is 0 Å². The lowest BCUT2D eigenvalue weighted by atomic mass is 9.95. The van der Waals surface area contributed by atoms with E-state index in [1.54, 1.807) is 12.2 Å². The van der Waals surface area contributed by atoms with Gasteiger partial charge in [0.05, 0.1) is 6.61 Å². The van der Waals surface area contributed by atoms with E-state index in [-0.39, 0.29) is 12.0 Å². The Hall–Kier alpha value is -0.550. The monoisotopic (exact) mass is 202 g/mol. The first-order valence-electron chi connectivity index (χ1n) is 3.87. The van der Waals surface area contributed by atoms with Crippen molar-refractivity contribution in [2.45, 2.75) is 13.8 Å². The Morgan fingerprint density at radius 1 is 1.69 bits per heavy atom. The SMILES string of the molecule is C#CC(C)(C)C=CCOP(C)(=O)O. The van der Waals surface area contributed by atoms with Crippen LogP contribution in [0.4, 0.5) is 0 Å². The van der Waals surface area contributed by atoms with E-state index in [0.29, 0.717) is 0 Å². The molecule has 0 amide bonds. The van der Waals surface area contributed by atoms with E-state index in [2.05, 4.69) is 10.4 Å². The van der Waals surface area contributed by atoms with Gasteiger partial charge in [0.1, 0.15) is 0 Å². The summed E-state index contributed by atoms with van der Waals surface area (Å²) < 4.78 is 15.3. The fourth-order valence-electron chi connectivity index (χ4n) is 0.572. The summed E-state index contributed by atoms with van der Waals surface area (Å²) in [7, 11) is -3.36. The Balaban J connectivity index is 3.93. The summed E-state index contributed by atoms with van der Waals surface area (Å²) in [6, 6.07) is 0. The second-order valence-electron chi connectivity index (χ2n) is 3.37. The summed E-state index contributed by atoms with van der Waals surface area (Å²) in [6.07, 6.45) is 8.64. The smallest absolute Gasteiger partial charge is 0.324 e. The number of allylic oxidation sites excluding steroid dienone is 1. The average Bonchev–Trinajstić information content (AvgIpc) is 1.97. The molecule has 3 nitrogen and oxygen atoms in total. The fourth-order valence-corrected chi connectivity index (χ4v) is 0.935. The van der Waals surface area contributed by atoms with Gasteiger partial charge in [-0.1, -0.05) is 18.1 Å². The van der Waals surface area contributed by atoms with Gasteiger partial charge in [-0.3, -0.25) is 4.57 Å². The Morgan fingerprint density at radius 2 is 2.23 bits per heavy atom. The maximum absolute atomic E-state index is 10.7. The van der Waals surface area contributed by atoms with Crippen LogP contribution in [0.15, 0.2) is 12.2 Å². The molecule has 0 aromatic heterocycles. The van der Waals surface area contributed by atoms with Crippen LogP contribution in [0.5, 0.6) is 0 Å². The maximum atomic E-state index is 10.7. The van der Waals surface area contributed by atoms with Gasteiger partial charge in [-0.25, -0.2) is 0 Å². The lowest BCUT2D eigenvalue weighted by Crippen LogP contribution is -2.02. The zero-order valence-corrected chi connectivity index (χ0v) is 9.04. The van der Waals surface area contributed by atoms with Crippen molar-refractivity contribution in [2.24, 2.45) is 5.41 Å². The molecule has 1 unspecified atom stereocenters. The van der Waals surface area contributed by atoms with Gasteiger partial charge < -0.3 is 9.42 Å². The van der Waals surface area contributed by atoms with Crippen LogP contribution in [0.2, 0.25) is 0 Å². The number of rotatable bonds is 4. The molecule has 1 atom stereocenters. The third-order valence-electron chi connectivity index (χ3n) is 1.32. The van der Waals surface area contributed by atoms with Gasteiger partial charge in [0, 0.05) is 12.1 Å². The van der Waals surface area contributed by atoms with Gasteiger partial charge in [-0.15, -0.1) is 6.42 Å². The first-order valence-corrected chi connectivity index (χ1v) is 5.89. The Morgan fingerprint density at radius 3 is 2.62 bits per heavy atom. The van der Waals surface area contributed by atoms with E-state index in [1.807, 2.05) is 13.8 Å². The first-order chi connectivity index (χ1) is 5.77. The maximum Gasteiger partial charge on any atom is 0.325 e. The van der Waals surface area contributed by atoms with Gasteiger partial charge in [0.25, 0.3) is 0 Å². The minimum absolute atomic E-state index is 0.107. The average molecular weight is 202 g/mol. The Kier molecular flexibility index (Phi) is 4.43. The summed E-state index contributed by atoms with van der Waals surface area (Å²) >= 11 is 0. The molecule has 0 aliphatic rings. The zero-order valence-electron chi connectivity index (χ0n) is 8.15. The van der Waals surface area contributed by atoms with E-state index in [9.17, 15) is 4.57 Å². The molecule has 74 valence electrons. The lowest BCUT2D eigenvalue weighted by Gasteiger charge is -2.10. The summed E-state index contributed by atoms with van der Waals surface area (Å²) in [5, 5.41) is 0. The Bertz CT molecular complexity index is 267. The van der Waals surface area contributed by atoms with Crippen molar-refractivity contribution in [3.63, 3.8) is 0 Å². The Labute approximate surface area is 79.3 Å². The molecule has 0 saturated heterocycles. The molecule has 0 aromatic carbocycles. The van der Waals surface area contributed by atoms with Crippen molar-refractivity contribution in [3.8, 4) is 12.3 Å². The molecule has 0 spiro atoms. The number of hydrogen-bond donors (Lipinski definition) is 1. The van der Waals surface area contributed by atoms with Crippen LogP contribution < -0.4 is 0 Å². The largest absolute Gasteiger partial charge is 0.325 e. The van der Waals surface area contributed by atoms with E-state index >= 15 is 0 Å². The fraction of sp³-hybridized carbons (Fsp3) is 0.556. The standard InChI is InChI=1S/C9H15O3P/c1-5-9(2,3)7-6-8-12-13(4,10)11/h1,6-7H,8H2,2-4H3,(H,10,11). The van der Waals surface area contributed by atoms with Gasteiger partial charge in [0.15, 0.2) is 0 Å². The highest BCUT2D eigenvalue weighted by molar-refractivity contribution is 7.51. The normalized spacial score (nSPS) is 16.8. The predicted molar refractivity (Wildman–Crippen MR) is 53.5 cm³/mol. The third-order valence-corrected chi connectivity index (χ3v) is 1.94. The highest BCUT2D eigenvalue weighted by Crippen LogP contribution is 2.36. The molecule has 13 heavy (non-hydrogen) atoms. The summed E-state index contributed by atoms with van der Waals surface area (Å²) in [6.45, 7) is 4.99. The van der Waals surface area contributed by atoms with Crippen molar-refractivity contribution >= 4 is 7.60 Å². The van der Waals surface area contributed by atoms with Crippen molar-refractivity contribution < 1.29 is 14.0 Å². The van der Waals surface area contributed by atoms with Crippen molar-refractivity contribution in [1.29, 1.82) is 0 Å². The molecule has 4 heteroatoms. The lowest BCUT2D eigenvalue weighted by molar-refractivity contribution is 0.292. The molecular weight excluding hydrogens is 187 g/mol. The highest BCUT2D eigenvalue weighted by atomic mass is 31.2. The molecule has 0 aliphatic carbocycles. The first kappa shape index (κ1) is 12.4. The summed E-state index contributed by atoms with van der Waals surface area (Å²) in [5.74, 6) is 2.57. The third kappa shape index (κ3) is 7.80. The second kappa shape index (κ2) is 4.62. The van der Waals surface area contributed by atoms with E-state index in [4.69, 9.17) is 11.3 Å². The second-order valence-corrected chi connectivity index (χ2v) is 5.23. The van der Waals surface area contributed by atoms with Crippen LogP contribution >= 0.6 is 7.60 Å². The van der Waals surface area contributed by atoms with Crippen LogP contribution in [0.1, 0.15) is 13.8 Å². The topological polar surface area (TPSA) is 46.5 Å². The van der Waals surface area contributed by atoms with Crippen molar-refractivity contribution in [3.05, 3.63) is 12.2 Å². The molecular formula is C9H15O3P. The molecule has 0 heterocycles. The van der Waals surface area contributed by atoms with E-state index in [1.165, 1.54) is 0 Å². The van der Waals surface area contributed by atoms with Crippen molar-refractivity contribution in [1.82, 2.24) is 0 Å². The number of hydrogen-bond acceptors (Lipinski definition) is 2. The van der Waals surface area contributed by atoms with Crippen LogP contribution in [0, 0.1) is 17.8 Å². The van der Waals surface area contributed by atoms with E-state index in [0.717, 1.165) is 6.66 Å². The molecule has 0 bridgehead atoms. The zero-order chi connectivity index (χ0) is 10.5. The van der Waals surface area contributed by atoms with Crippen LogP contribution in [-0.2, 0) is 9.09 Å². The van der Waals surface area contributed by atoms with Gasteiger partial charge in [-0.05, 0) is 13.8 Å². The predicted octanol–water partition coefficient (Wildman–Crippen LogP) is 2.03. The molecule has 0 saturated carbocycles. The molecule has 1 N–H and O–H groups in total. The minimum Gasteiger partial charge on any atom is -0.324 e. The summed E-state index contributed by atoms with van der Waals surface area (Å²) in [4.78, 5) is 8.76. The van der Waals surface area contributed by atoms with Crippen molar-refractivity contribution in [2.75, 3.05) is 13.3 Å². The molecule has 0 fully saturated rings. The molecule has 0 aliphatic heterocycles. The van der Waals surface area contributed by atoms with Crippen LogP contribution in [0.25, 0.3) is 0 Å². The molecule has 0 aromatic rings. The molecule has 0 radical (unpaired) electrons. The van der Waals surface area contributed by atoms with Crippen LogP contribution in [-0.4, -0.2) is 18.2 Å². The molecule has 0 rings (SSSR count). The van der Waals surface area contributed by atoms with E-state index < -0.39 is 7.60 Å². The highest BCUT2D eigenvalue weighted by Gasteiger charge is 2.10. The quantitative estimate of drug-likeness (QED) is 0.431.